The standard InChI is InChI=1S/2C4H9.27CH4.Y/c2*1-3-4-2;;;;;;;;;;;;;;;;;;;;;;;;;;;;/h2*1,3-4H2,2H3;27*1H4;/q2*-1;;;;;;;;;;;;;;;;;;;;;;;;;;;;. The smallest absolute Gasteiger partial charge is 0 e. The average Bonchev–Trinajstić information content (AvgIpc) is 1.88. The topological polar surface area (TPSA) is 0 Å². The first-order valence-electron chi connectivity index (χ1n) is 3.41. The molecule has 1 heteroatoms. The van der Waals surface area contributed by atoms with Crippen LogP contribution in [0.5, 0.6) is 0 Å². The molecule has 0 spiro atoms. The number of hydrogen-bond donors (Lipinski definition) is 0. The van der Waals surface area contributed by atoms with Gasteiger partial charge in [-0.2, -0.15) is 12.8 Å². The van der Waals surface area contributed by atoms with E-state index in [1.807, 2.05) is 0 Å². The van der Waals surface area contributed by atoms with Gasteiger partial charge in [0.15, 0.2) is 0 Å². The molecule has 0 rings (SSSR count). The number of hydrogen-bond acceptors (Lipinski definition) is 0. The van der Waals surface area contributed by atoms with Crippen LogP contribution in [-0.4, -0.2) is 0 Å². The van der Waals surface area contributed by atoms with Crippen LogP contribution in [0.3, 0.4) is 0 Å². The molecule has 0 atom stereocenters. The summed E-state index contributed by atoms with van der Waals surface area (Å²) < 4.78 is 0. The second-order valence-corrected chi connectivity index (χ2v) is 1.71. The van der Waals surface area contributed by atoms with Crippen LogP contribution < -0.4 is 0 Å². The molecule has 0 aromatic rings. The van der Waals surface area contributed by atoms with Crippen molar-refractivity contribution < 1.29 is 32.7 Å². The van der Waals surface area contributed by atoms with E-state index < -0.39 is 0 Å². The van der Waals surface area contributed by atoms with Gasteiger partial charge in [0.25, 0.3) is 0 Å². The first kappa shape index (κ1) is 958. The monoisotopic (exact) mass is 636 g/mol. The van der Waals surface area contributed by atoms with E-state index in [1.165, 1.54) is 12.8 Å². The van der Waals surface area contributed by atoms with Crippen molar-refractivity contribution in [1.29, 1.82) is 0 Å². The Hall–Kier alpha value is 1.10. The van der Waals surface area contributed by atoms with Gasteiger partial charge in [0.1, 0.15) is 0 Å². The van der Waals surface area contributed by atoms with Crippen molar-refractivity contribution in [2.45, 2.75) is 240 Å². The van der Waals surface area contributed by atoms with Crippen molar-refractivity contribution in [3.8, 4) is 0 Å². The first-order chi connectivity index (χ1) is 3.83. The van der Waals surface area contributed by atoms with E-state index in [0.717, 1.165) is 12.8 Å². The van der Waals surface area contributed by atoms with Crippen molar-refractivity contribution in [3.63, 3.8) is 0 Å². The Morgan fingerprint density at radius 3 is 0.278 bits per heavy atom. The molecule has 0 aliphatic carbocycles. The molecule has 0 unspecified atom stereocenters. The van der Waals surface area contributed by atoms with E-state index in [4.69, 9.17) is 0 Å². The fraction of sp³-hybridized carbons (Fsp3) is 0.943. The molecule has 0 aromatic heterocycles. The quantitative estimate of drug-likeness (QED) is 0.265. The van der Waals surface area contributed by atoms with Crippen LogP contribution in [-0.2, 0) is 32.7 Å². The predicted molar refractivity (Wildman–Crippen MR) is 222 cm³/mol. The molecular weight excluding hydrogens is 509 g/mol. The molecule has 0 aliphatic heterocycles. The van der Waals surface area contributed by atoms with Gasteiger partial charge in [-0.3, -0.25) is 0 Å². The summed E-state index contributed by atoms with van der Waals surface area (Å²) in [6.45, 7) is 11.4. The molecular formula is C35H126Y-2. The summed E-state index contributed by atoms with van der Waals surface area (Å²) in [5.74, 6) is 0. The molecule has 0 aromatic carbocycles. The van der Waals surface area contributed by atoms with Crippen LogP contribution >= 0.6 is 0 Å². The average molecular weight is 636 g/mol. The third kappa shape index (κ3) is 4240. The van der Waals surface area contributed by atoms with Crippen LogP contribution in [0.25, 0.3) is 0 Å². The van der Waals surface area contributed by atoms with E-state index in [0.29, 0.717) is 0 Å². The second kappa shape index (κ2) is 1710. The minimum Gasteiger partial charge on any atom is -0.343 e. The summed E-state index contributed by atoms with van der Waals surface area (Å²) >= 11 is 0. The van der Waals surface area contributed by atoms with Crippen molar-refractivity contribution in [2.75, 3.05) is 0 Å². The van der Waals surface area contributed by atoms with Gasteiger partial charge in [0.05, 0.1) is 0 Å². The van der Waals surface area contributed by atoms with Crippen molar-refractivity contribution in [2.24, 2.45) is 0 Å². The minimum atomic E-state index is 0. The Kier molecular flexibility index (Phi) is 45500. The maximum Gasteiger partial charge on any atom is 0 e. The molecule has 36 heavy (non-hydrogen) atoms. The van der Waals surface area contributed by atoms with Crippen LogP contribution in [0.4, 0.5) is 0 Å². The van der Waals surface area contributed by atoms with E-state index in [-0.39, 0.29) is 233 Å². The Morgan fingerprint density at radius 2 is 0.278 bits per heavy atom. The molecule has 271 valence electrons. The number of rotatable bonds is 2. The molecule has 0 amide bonds. The largest absolute Gasteiger partial charge is 0.343 e. The first-order valence-corrected chi connectivity index (χ1v) is 3.41. The van der Waals surface area contributed by atoms with Gasteiger partial charge < -0.3 is 13.8 Å². The Labute approximate surface area is 285 Å². The fourth-order valence-corrected chi connectivity index (χ4v) is 0. The van der Waals surface area contributed by atoms with Crippen LogP contribution in [0, 0.1) is 13.8 Å². The van der Waals surface area contributed by atoms with Gasteiger partial charge in [-0.15, -0.1) is 0 Å². The molecule has 0 heterocycles. The summed E-state index contributed by atoms with van der Waals surface area (Å²) in [6, 6.07) is 0. The van der Waals surface area contributed by atoms with Gasteiger partial charge in [-0.1, -0.05) is 227 Å². The zero-order chi connectivity index (χ0) is 6.83. The third-order valence-corrected chi connectivity index (χ3v) is 0.707. The van der Waals surface area contributed by atoms with Gasteiger partial charge in [-0.25, -0.2) is 0 Å². The molecule has 0 saturated heterocycles. The van der Waals surface area contributed by atoms with Crippen molar-refractivity contribution in [1.82, 2.24) is 0 Å². The van der Waals surface area contributed by atoms with Crippen LogP contribution in [0.2, 0.25) is 0 Å². The maximum absolute atomic E-state index is 3.60. The summed E-state index contributed by atoms with van der Waals surface area (Å²) in [7, 11) is 0. The van der Waals surface area contributed by atoms with E-state index in [2.05, 4.69) is 27.7 Å². The van der Waals surface area contributed by atoms with Gasteiger partial charge in [0.2, 0.25) is 0 Å². The van der Waals surface area contributed by atoms with Crippen molar-refractivity contribution >= 4 is 0 Å². The van der Waals surface area contributed by atoms with Gasteiger partial charge in [0, 0.05) is 32.7 Å². The van der Waals surface area contributed by atoms with Crippen molar-refractivity contribution in [3.05, 3.63) is 13.8 Å². The summed E-state index contributed by atoms with van der Waals surface area (Å²) in [4.78, 5) is 0. The molecule has 0 saturated carbocycles. The molecule has 0 bridgehead atoms. The predicted octanol–water partition coefficient (Wildman–Crippen LogP) is 20.4. The van der Waals surface area contributed by atoms with E-state index in [1.54, 1.807) is 0 Å². The molecule has 0 nitrogen and oxygen atoms in total. The van der Waals surface area contributed by atoms with E-state index in [9.17, 15) is 0 Å². The maximum atomic E-state index is 3.60. The van der Waals surface area contributed by atoms with Crippen LogP contribution in [0.15, 0.2) is 0 Å². The zero-order valence-corrected chi connectivity index (χ0v) is 9.66. The van der Waals surface area contributed by atoms with Gasteiger partial charge in [-0.05, 0) is 0 Å². The zero-order valence-electron chi connectivity index (χ0n) is 6.82. The SMILES string of the molecule is C.C.C.C.C.C.C.C.C.C.C.C.C.C.C.C.C.C.C.C.C.C.C.C.C.C.C.[CH2-]CCC.[CH2-]CCC.[Y]. The molecule has 0 aliphatic rings. The fourth-order valence-electron chi connectivity index (χ4n) is 0. The Bertz CT molecular complexity index is 14.6. The van der Waals surface area contributed by atoms with E-state index >= 15 is 0 Å². The normalized spacial score (nSPS) is 1.67. The number of unbranched alkanes of at least 4 members (excludes halogenated alkanes) is 2. The Balaban J connectivity index is -0.000000000402. The molecule has 0 fully saturated rings. The summed E-state index contributed by atoms with van der Waals surface area (Å²) in [5, 5.41) is 0. The molecule has 1 radical (unpaired) electrons. The van der Waals surface area contributed by atoms with Crippen LogP contribution in [0.1, 0.15) is 240 Å². The van der Waals surface area contributed by atoms with Gasteiger partial charge >= 0.3 is 0 Å². The molecule has 0 N–H and O–H groups in total. The minimum absolute atomic E-state index is 0. The Morgan fingerprint density at radius 1 is 0.250 bits per heavy atom. The second-order valence-electron chi connectivity index (χ2n) is 1.71. The summed E-state index contributed by atoms with van der Waals surface area (Å²) in [5.41, 5.74) is 0. The summed E-state index contributed by atoms with van der Waals surface area (Å²) in [6.07, 6.45) is 4.56. The third-order valence-electron chi connectivity index (χ3n) is 0.707.